The Labute approximate surface area is 116 Å². The maximum atomic E-state index is 12.8. The van der Waals surface area contributed by atoms with Crippen LogP contribution in [0.15, 0.2) is 58.3 Å². The summed E-state index contributed by atoms with van der Waals surface area (Å²) in [6.07, 6.45) is 0.464. The van der Waals surface area contributed by atoms with Crippen molar-refractivity contribution in [3.8, 4) is 0 Å². The molecule has 2 nitrogen and oxygen atoms in total. The molecule has 19 heavy (non-hydrogen) atoms. The van der Waals surface area contributed by atoms with E-state index in [1.807, 2.05) is 31.2 Å². The fraction of sp³-hybridized carbons (Fsp3) is 0.133. The molecule has 98 valence electrons. The first-order valence-corrected chi connectivity index (χ1v) is 6.82. The fourth-order valence-corrected chi connectivity index (χ4v) is 2.31. The Morgan fingerprint density at radius 2 is 1.58 bits per heavy atom. The average molecular weight is 275 g/mol. The molecule has 2 aromatic carbocycles. The summed E-state index contributed by atoms with van der Waals surface area (Å²) in [5, 5.41) is 2.79. The van der Waals surface area contributed by atoms with Crippen molar-refractivity contribution < 1.29 is 9.18 Å². The highest BCUT2D eigenvalue weighted by molar-refractivity contribution is 7.99. The van der Waals surface area contributed by atoms with Gasteiger partial charge in [-0.3, -0.25) is 4.79 Å². The van der Waals surface area contributed by atoms with Crippen molar-refractivity contribution in [3.63, 3.8) is 0 Å². The number of benzene rings is 2. The van der Waals surface area contributed by atoms with Gasteiger partial charge < -0.3 is 5.32 Å². The molecule has 0 aliphatic rings. The van der Waals surface area contributed by atoms with Crippen molar-refractivity contribution in [2.24, 2.45) is 0 Å². The van der Waals surface area contributed by atoms with E-state index in [0.717, 1.165) is 15.5 Å². The Hall–Kier alpha value is -1.81. The highest BCUT2D eigenvalue weighted by atomic mass is 32.2. The predicted octanol–water partition coefficient (Wildman–Crippen LogP) is 4.33. The molecule has 0 aliphatic carbocycles. The van der Waals surface area contributed by atoms with Crippen LogP contribution in [0.3, 0.4) is 0 Å². The third-order valence-electron chi connectivity index (χ3n) is 2.51. The van der Waals surface area contributed by atoms with E-state index in [-0.39, 0.29) is 11.7 Å². The topological polar surface area (TPSA) is 29.1 Å². The molecular weight excluding hydrogens is 261 g/mol. The van der Waals surface area contributed by atoms with Crippen molar-refractivity contribution in [2.75, 3.05) is 5.32 Å². The highest BCUT2D eigenvalue weighted by Crippen LogP contribution is 2.28. The summed E-state index contributed by atoms with van der Waals surface area (Å²) in [5.74, 6) is -0.235. The van der Waals surface area contributed by atoms with Crippen molar-refractivity contribution >= 4 is 23.4 Å². The van der Waals surface area contributed by atoms with Crippen LogP contribution in [-0.2, 0) is 4.79 Å². The standard InChI is InChI=1S/C15H14FNOS/c1-2-15(18)17-12-5-9-14(10-6-12)19-13-7-3-11(16)4-8-13/h3-10H,2H2,1H3,(H,17,18). The van der Waals surface area contributed by atoms with Crippen LogP contribution in [0.25, 0.3) is 0 Å². The molecule has 0 unspecified atom stereocenters. The van der Waals surface area contributed by atoms with Crippen LogP contribution < -0.4 is 5.32 Å². The summed E-state index contributed by atoms with van der Waals surface area (Å²) in [7, 11) is 0. The summed E-state index contributed by atoms with van der Waals surface area (Å²) in [4.78, 5) is 13.3. The molecule has 0 radical (unpaired) electrons. The molecule has 1 N–H and O–H groups in total. The second-order valence-electron chi connectivity index (χ2n) is 3.98. The monoisotopic (exact) mass is 275 g/mol. The Kier molecular flexibility index (Phi) is 4.58. The number of amides is 1. The molecule has 0 heterocycles. The molecule has 0 saturated carbocycles. The second-order valence-corrected chi connectivity index (χ2v) is 5.13. The number of hydrogen-bond donors (Lipinski definition) is 1. The van der Waals surface area contributed by atoms with Crippen LogP contribution in [0.4, 0.5) is 10.1 Å². The molecule has 0 bridgehead atoms. The lowest BCUT2D eigenvalue weighted by Gasteiger charge is -2.05. The van der Waals surface area contributed by atoms with Crippen molar-refractivity contribution in [1.82, 2.24) is 0 Å². The minimum atomic E-state index is -0.234. The number of carbonyl (C=O) groups excluding carboxylic acids is 1. The predicted molar refractivity (Wildman–Crippen MR) is 75.9 cm³/mol. The van der Waals surface area contributed by atoms with Gasteiger partial charge in [0.1, 0.15) is 5.82 Å². The quantitative estimate of drug-likeness (QED) is 0.900. The fourth-order valence-electron chi connectivity index (χ4n) is 1.49. The van der Waals surface area contributed by atoms with Crippen LogP contribution in [0, 0.1) is 5.82 Å². The molecule has 0 aliphatic heterocycles. The molecule has 0 aromatic heterocycles. The van der Waals surface area contributed by atoms with Crippen molar-refractivity contribution in [2.45, 2.75) is 23.1 Å². The van der Waals surface area contributed by atoms with E-state index < -0.39 is 0 Å². The number of hydrogen-bond acceptors (Lipinski definition) is 2. The van der Waals surface area contributed by atoms with E-state index in [4.69, 9.17) is 0 Å². The lowest BCUT2D eigenvalue weighted by molar-refractivity contribution is -0.115. The van der Waals surface area contributed by atoms with Gasteiger partial charge in [0, 0.05) is 21.9 Å². The van der Waals surface area contributed by atoms with Gasteiger partial charge >= 0.3 is 0 Å². The first kappa shape index (κ1) is 13.6. The minimum absolute atomic E-state index is 0.000984. The first-order valence-electron chi connectivity index (χ1n) is 6.00. The molecule has 0 spiro atoms. The Morgan fingerprint density at radius 1 is 1.05 bits per heavy atom. The molecule has 0 atom stereocenters. The summed E-state index contributed by atoms with van der Waals surface area (Å²) in [5.41, 5.74) is 0.787. The van der Waals surface area contributed by atoms with E-state index in [1.54, 1.807) is 23.9 Å². The maximum Gasteiger partial charge on any atom is 0.224 e. The van der Waals surface area contributed by atoms with E-state index in [0.29, 0.717) is 6.42 Å². The van der Waals surface area contributed by atoms with Crippen molar-refractivity contribution in [1.29, 1.82) is 0 Å². The number of rotatable bonds is 4. The van der Waals surface area contributed by atoms with Gasteiger partial charge in [-0.15, -0.1) is 0 Å². The normalized spacial score (nSPS) is 10.2. The lowest BCUT2D eigenvalue weighted by atomic mass is 10.3. The van der Waals surface area contributed by atoms with Crippen LogP contribution in [0.1, 0.15) is 13.3 Å². The lowest BCUT2D eigenvalue weighted by Crippen LogP contribution is -2.08. The maximum absolute atomic E-state index is 12.8. The van der Waals surface area contributed by atoms with Crippen LogP contribution >= 0.6 is 11.8 Å². The number of anilines is 1. The first-order chi connectivity index (χ1) is 9.17. The Bertz CT molecular complexity index is 551. The van der Waals surface area contributed by atoms with Gasteiger partial charge in [0.05, 0.1) is 0 Å². The van der Waals surface area contributed by atoms with Gasteiger partial charge in [-0.25, -0.2) is 4.39 Å². The van der Waals surface area contributed by atoms with Gasteiger partial charge in [0.15, 0.2) is 0 Å². The third-order valence-corrected chi connectivity index (χ3v) is 3.52. The Morgan fingerprint density at radius 3 is 2.11 bits per heavy atom. The average Bonchev–Trinajstić information content (AvgIpc) is 2.43. The van der Waals surface area contributed by atoms with Crippen LogP contribution in [0.5, 0.6) is 0 Å². The molecule has 2 rings (SSSR count). The van der Waals surface area contributed by atoms with Gasteiger partial charge in [-0.1, -0.05) is 18.7 Å². The Balaban J connectivity index is 2.02. The molecule has 2 aromatic rings. The molecule has 0 saturated heterocycles. The van der Waals surface area contributed by atoms with E-state index in [9.17, 15) is 9.18 Å². The summed E-state index contributed by atoms with van der Waals surface area (Å²) < 4.78 is 12.8. The number of nitrogens with one attached hydrogen (secondary N) is 1. The van der Waals surface area contributed by atoms with E-state index >= 15 is 0 Å². The van der Waals surface area contributed by atoms with Crippen molar-refractivity contribution in [3.05, 3.63) is 54.3 Å². The zero-order valence-electron chi connectivity index (χ0n) is 10.5. The summed E-state index contributed by atoms with van der Waals surface area (Å²) >= 11 is 1.55. The van der Waals surface area contributed by atoms with Gasteiger partial charge in [0.25, 0.3) is 0 Å². The van der Waals surface area contributed by atoms with E-state index in [2.05, 4.69) is 5.32 Å². The number of halogens is 1. The summed E-state index contributed by atoms with van der Waals surface area (Å²) in [6, 6.07) is 14.0. The van der Waals surface area contributed by atoms with Gasteiger partial charge in [0.2, 0.25) is 5.91 Å². The molecule has 0 fully saturated rings. The summed E-state index contributed by atoms with van der Waals surface area (Å²) in [6.45, 7) is 1.81. The number of carbonyl (C=O) groups is 1. The highest BCUT2D eigenvalue weighted by Gasteiger charge is 2.01. The third kappa shape index (κ3) is 4.10. The SMILES string of the molecule is CCC(=O)Nc1ccc(Sc2ccc(F)cc2)cc1. The zero-order valence-corrected chi connectivity index (χ0v) is 11.3. The molecule has 1 amide bonds. The molecule has 4 heteroatoms. The largest absolute Gasteiger partial charge is 0.326 e. The van der Waals surface area contributed by atoms with Gasteiger partial charge in [-0.2, -0.15) is 0 Å². The van der Waals surface area contributed by atoms with E-state index in [1.165, 1.54) is 12.1 Å². The van der Waals surface area contributed by atoms with Crippen LogP contribution in [0.2, 0.25) is 0 Å². The molecular formula is C15H14FNOS. The second kappa shape index (κ2) is 6.38. The smallest absolute Gasteiger partial charge is 0.224 e. The zero-order chi connectivity index (χ0) is 13.7. The van der Waals surface area contributed by atoms with Crippen LogP contribution in [-0.4, -0.2) is 5.91 Å². The minimum Gasteiger partial charge on any atom is -0.326 e. The van der Waals surface area contributed by atoms with Gasteiger partial charge in [-0.05, 0) is 48.5 Å².